The Labute approximate surface area is 211 Å². The van der Waals surface area contributed by atoms with Gasteiger partial charge in [0.05, 0.1) is 7.11 Å². The Hall–Kier alpha value is -2.88. The summed E-state index contributed by atoms with van der Waals surface area (Å²) in [7, 11) is 1.58. The number of alkyl halides is 3. The number of carbonyl (C=O) groups is 1. The predicted octanol–water partition coefficient (Wildman–Crippen LogP) is 4.52. The van der Waals surface area contributed by atoms with Crippen molar-refractivity contribution in [1.29, 1.82) is 0 Å². The van der Waals surface area contributed by atoms with Crippen molar-refractivity contribution in [2.45, 2.75) is 51.6 Å². The quantitative estimate of drug-likeness (QED) is 0.530. The van der Waals surface area contributed by atoms with Crippen LogP contribution in [0.2, 0.25) is 0 Å². The van der Waals surface area contributed by atoms with Crippen LogP contribution in [0, 0.1) is 0 Å². The normalized spacial score (nSPS) is 15.5. The van der Waals surface area contributed by atoms with Gasteiger partial charge in [-0.15, -0.1) is 0 Å². The summed E-state index contributed by atoms with van der Waals surface area (Å²) in [5.41, 5.74) is -0.886. The van der Waals surface area contributed by atoms with Crippen molar-refractivity contribution < 1.29 is 22.7 Å². The Balaban J connectivity index is 1.48. The molecule has 198 valence electrons. The van der Waals surface area contributed by atoms with Crippen LogP contribution in [0.15, 0.2) is 30.3 Å². The van der Waals surface area contributed by atoms with Gasteiger partial charge in [0.15, 0.2) is 0 Å². The van der Waals surface area contributed by atoms with Crippen LogP contribution >= 0.6 is 0 Å². The SMILES string of the molecule is COc1ccc(C(=O)NCCCCN2CCCN(c3cc(C(F)(F)F)nc(C(C)(C)C)n3)CC2)cc1. The van der Waals surface area contributed by atoms with E-state index < -0.39 is 17.3 Å². The fourth-order valence-corrected chi connectivity index (χ4v) is 4.01. The molecular weight excluding hydrogens is 471 g/mol. The third-order valence-electron chi connectivity index (χ3n) is 6.13. The van der Waals surface area contributed by atoms with Crippen molar-refractivity contribution >= 4 is 11.7 Å². The number of hydrogen-bond donors (Lipinski definition) is 1. The maximum absolute atomic E-state index is 13.5. The first-order chi connectivity index (χ1) is 17.0. The van der Waals surface area contributed by atoms with Crippen molar-refractivity contribution in [3.63, 3.8) is 0 Å². The highest BCUT2D eigenvalue weighted by Gasteiger charge is 2.35. The summed E-state index contributed by atoms with van der Waals surface area (Å²) < 4.78 is 45.5. The van der Waals surface area contributed by atoms with E-state index in [-0.39, 0.29) is 11.7 Å². The average molecular weight is 508 g/mol. The molecule has 0 spiro atoms. The highest BCUT2D eigenvalue weighted by molar-refractivity contribution is 5.94. The van der Waals surface area contributed by atoms with Crippen LogP contribution in [0.1, 0.15) is 61.9 Å². The summed E-state index contributed by atoms with van der Waals surface area (Å²) in [6.45, 7) is 9.77. The summed E-state index contributed by atoms with van der Waals surface area (Å²) in [4.78, 5) is 24.8. The van der Waals surface area contributed by atoms with Gasteiger partial charge in [-0.25, -0.2) is 9.97 Å². The molecule has 0 radical (unpaired) electrons. The van der Waals surface area contributed by atoms with Gasteiger partial charge in [-0.3, -0.25) is 4.79 Å². The number of methoxy groups -OCH3 is 1. The second-order valence-corrected chi connectivity index (χ2v) is 10.1. The molecule has 0 saturated carbocycles. The van der Waals surface area contributed by atoms with Crippen LogP contribution in [0.5, 0.6) is 5.75 Å². The maximum atomic E-state index is 13.5. The molecule has 1 aliphatic heterocycles. The van der Waals surface area contributed by atoms with Crippen LogP contribution in [0.3, 0.4) is 0 Å². The first kappa shape index (κ1) is 27.7. The summed E-state index contributed by atoms with van der Waals surface area (Å²) in [5.74, 6) is 1.13. The number of hydrogen-bond acceptors (Lipinski definition) is 6. The zero-order chi connectivity index (χ0) is 26.3. The monoisotopic (exact) mass is 507 g/mol. The zero-order valence-electron chi connectivity index (χ0n) is 21.5. The first-order valence-electron chi connectivity index (χ1n) is 12.3. The lowest BCUT2D eigenvalue weighted by atomic mass is 9.95. The summed E-state index contributed by atoms with van der Waals surface area (Å²) in [5, 5.41) is 2.94. The van der Waals surface area contributed by atoms with Crippen molar-refractivity contribution in [3.05, 3.63) is 47.4 Å². The Kier molecular flexibility index (Phi) is 9.16. The molecule has 0 atom stereocenters. The molecule has 1 aliphatic rings. The number of nitrogens with one attached hydrogen (secondary N) is 1. The standard InChI is InChI=1S/C26H36F3N5O2/c1-25(2,3)24-31-21(26(27,28)29)18-22(32-24)34-15-7-14-33(16-17-34)13-6-5-12-30-23(35)19-8-10-20(36-4)11-9-19/h8-11,18H,5-7,12-17H2,1-4H3,(H,30,35). The number of benzene rings is 1. The molecule has 1 amide bonds. The minimum Gasteiger partial charge on any atom is -0.497 e. The van der Waals surface area contributed by atoms with E-state index in [0.717, 1.165) is 45.0 Å². The molecule has 1 N–H and O–H groups in total. The summed E-state index contributed by atoms with van der Waals surface area (Å²) >= 11 is 0. The molecule has 3 rings (SSSR count). The number of anilines is 1. The minimum absolute atomic E-state index is 0.110. The Morgan fingerprint density at radius 3 is 2.39 bits per heavy atom. The van der Waals surface area contributed by atoms with E-state index in [1.54, 1.807) is 31.4 Å². The van der Waals surface area contributed by atoms with Gasteiger partial charge < -0.3 is 19.9 Å². The number of rotatable bonds is 8. The smallest absolute Gasteiger partial charge is 0.433 e. The highest BCUT2D eigenvalue weighted by Crippen LogP contribution is 2.32. The first-order valence-corrected chi connectivity index (χ1v) is 12.3. The van der Waals surface area contributed by atoms with E-state index in [9.17, 15) is 18.0 Å². The summed E-state index contributed by atoms with van der Waals surface area (Å²) in [6, 6.07) is 8.05. The van der Waals surface area contributed by atoms with E-state index >= 15 is 0 Å². The number of carbonyl (C=O) groups excluding carboxylic acids is 1. The van der Waals surface area contributed by atoms with Crippen LogP contribution in [0.4, 0.5) is 19.0 Å². The van der Waals surface area contributed by atoms with Gasteiger partial charge in [0.2, 0.25) is 0 Å². The molecule has 10 heteroatoms. The molecule has 1 aromatic carbocycles. The molecule has 2 aromatic rings. The number of ether oxygens (including phenoxy) is 1. The van der Waals surface area contributed by atoms with E-state index in [4.69, 9.17) is 4.74 Å². The van der Waals surface area contributed by atoms with Gasteiger partial charge in [-0.1, -0.05) is 20.8 Å². The molecule has 1 fully saturated rings. The average Bonchev–Trinajstić information content (AvgIpc) is 3.08. The topological polar surface area (TPSA) is 70.6 Å². The molecule has 36 heavy (non-hydrogen) atoms. The fraction of sp³-hybridized carbons (Fsp3) is 0.577. The molecule has 0 unspecified atom stereocenters. The molecule has 0 aliphatic carbocycles. The zero-order valence-corrected chi connectivity index (χ0v) is 21.5. The van der Waals surface area contributed by atoms with Gasteiger partial charge in [0.25, 0.3) is 5.91 Å². The molecule has 1 aromatic heterocycles. The minimum atomic E-state index is -4.52. The van der Waals surface area contributed by atoms with Gasteiger partial charge in [0, 0.05) is 43.2 Å². The Morgan fingerprint density at radius 2 is 1.75 bits per heavy atom. The highest BCUT2D eigenvalue weighted by atomic mass is 19.4. The lowest BCUT2D eigenvalue weighted by molar-refractivity contribution is -0.141. The Morgan fingerprint density at radius 1 is 1.03 bits per heavy atom. The van der Waals surface area contributed by atoms with Crippen LogP contribution < -0.4 is 15.0 Å². The van der Waals surface area contributed by atoms with Crippen LogP contribution in [-0.2, 0) is 11.6 Å². The Bertz CT molecular complexity index is 974. The lowest BCUT2D eigenvalue weighted by Crippen LogP contribution is -2.33. The predicted molar refractivity (Wildman–Crippen MR) is 134 cm³/mol. The largest absolute Gasteiger partial charge is 0.497 e. The van der Waals surface area contributed by atoms with E-state index in [0.29, 0.717) is 36.8 Å². The van der Waals surface area contributed by atoms with Gasteiger partial charge in [0.1, 0.15) is 23.1 Å². The second kappa shape index (κ2) is 11.9. The van der Waals surface area contributed by atoms with Gasteiger partial charge in [-0.2, -0.15) is 13.2 Å². The fourth-order valence-electron chi connectivity index (χ4n) is 4.01. The number of amides is 1. The molecule has 2 heterocycles. The number of nitrogens with zero attached hydrogens (tertiary/aromatic N) is 4. The third-order valence-corrected chi connectivity index (χ3v) is 6.13. The van der Waals surface area contributed by atoms with E-state index in [1.807, 2.05) is 25.7 Å². The molecule has 7 nitrogen and oxygen atoms in total. The van der Waals surface area contributed by atoms with Crippen molar-refractivity contribution in [3.8, 4) is 5.75 Å². The number of halogens is 3. The number of unbranched alkanes of at least 4 members (excludes halogenated alkanes) is 1. The van der Waals surface area contributed by atoms with Crippen molar-refractivity contribution in [1.82, 2.24) is 20.2 Å². The van der Waals surface area contributed by atoms with E-state index in [1.165, 1.54) is 0 Å². The van der Waals surface area contributed by atoms with E-state index in [2.05, 4.69) is 20.2 Å². The van der Waals surface area contributed by atoms with Crippen molar-refractivity contribution in [2.75, 3.05) is 51.3 Å². The van der Waals surface area contributed by atoms with Gasteiger partial charge in [-0.05, 0) is 56.6 Å². The maximum Gasteiger partial charge on any atom is 0.433 e. The molecule has 1 saturated heterocycles. The molecular formula is C26H36F3N5O2. The lowest BCUT2D eigenvalue weighted by Gasteiger charge is -2.26. The summed E-state index contributed by atoms with van der Waals surface area (Å²) in [6.07, 6.45) is -1.91. The third kappa shape index (κ3) is 7.81. The van der Waals surface area contributed by atoms with Crippen LogP contribution in [0.25, 0.3) is 0 Å². The second-order valence-electron chi connectivity index (χ2n) is 10.1. The van der Waals surface area contributed by atoms with Crippen LogP contribution in [-0.4, -0.2) is 67.2 Å². The number of aromatic nitrogens is 2. The van der Waals surface area contributed by atoms with Gasteiger partial charge >= 0.3 is 6.18 Å². The van der Waals surface area contributed by atoms with Crippen molar-refractivity contribution in [2.24, 2.45) is 0 Å². The molecule has 0 bridgehead atoms.